The molecule has 0 radical (unpaired) electrons. The number of nitrogens with zero attached hydrogens (tertiary/aromatic N) is 2. The second kappa shape index (κ2) is 8.60. The number of aliphatic imine (C=N–C) groups is 1. The molecule has 0 bridgehead atoms. The molecule has 2 N–H and O–H groups in total. The van der Waals surface area contributed by atoms with Crippen molar-refractivity contribution >= 4 is 34.9 Å². The Hall–Kier alpha value is -2.61. The zero-order valence-electron chi connectivity index (χ0n) is 16.1. The Bertz CT molecular complexity index is 936. The lowest BCUT2D eigenvalue weighted by Crippen LogP contribution is -2.22. The average molecular weight is 398 g/mol. The third kappa shape index (κ3) is 4.44. The molecule has 1 aliphatic heterocycles. The Morgan fingerprint density at radius 2 is 1.89 bits per heavy atom. The topological polar surface area (TPSA) is 91.0 Å². The number of esters is 1. The van der Waals surface area contributed by atoms with Gasteiger partial charge in [0.2, 0.25) is 0 Å². The van der Waals surface area contributed by atoms with Crippen molar-refractivity contribution in [2.75, 3.05) is 20.7 Å². The van der Waals surface area contributed by atoms with E-state index in [0.29, 0.717) is 23.7 Å². The average Bonchev–Trinajstić information content (AvgIpc) is 2.85. The number of carbonyl (C=O) groups excluding carboxylic acids is 1. The molecule has 1 unspecified atom stereocenters. The molecule has 6 nitrogen and oxygen atoms in total. The monoisotopic (exact) mass is 397 g/mol. The van der Waals surface area contributed by atoms with Crippen molar-refractivity contribution in [2.24, 2.45) is 10.7 Å². The molecule has 7 heteroatoms. The first-order valence-corrected chi connectivity index (χ1v) is 10.0. The van der Waals surface area contributed by atoms with E-state index in [1.165, 1.54) is 0 Å². The van der Waals surface area contributed by atoms with Crippen molar-refractivity contribution in [3.63, 3.8) is 0 Å². The van der Waals surface area contributed by atoms with Crippen LogP contribution < -0.4 is 5.73 Å². The van der Waals surface area contributed by atoms with E-state index in [1.54, 1.807) is 31.4 Å². The molecule has 146 valence electrons. The van der Waals surface area contributed by atoms with Crippen LogP contribution in [0.5, 0.6) is 0 Å². The number of rotatable bonds is 5. The molecular formula is C21H23N3O3S. The molecule has 0 spiro atoms. The smallest absolute Gasteiger partial charge is 0.334 e. The molecule has 0 aromatic heterocycles. The van der Waals surface area contributed by atoms with Gasteiger partial charge < -0.3 is 15.0 Å². The number of nitrogens with two attached hydrogens (primary N) is 1. The molecule has 2 aromatic rings. The van der Waals surface area contributed by atoms with E-state index in [4.69, 9.17) is 10.5 Å². The molecule has 1 aliphatic rings. The van der Waals surface area contributed by atoms with Crippen LogP contribution in [0.15, 0.2) is 57.9 Å². The highest BCUT2D eigenvalue weighted by Gasteiger charge is 2.18. The molecule has 0 fully saturated rings. The molecule has 28 heavy (non-hydrogen) atoms. The van der Waals surface area contributed by atoms with Gasteiger partial charge in [-0.15, -0.1) is 4.31 Å². The fourth-order valence-electron chi connectivity index (χ4n) is 2.91. The number of ether oxygens (including phenoxy) is 1. The minimum Gasteiger partial charge on any atom is -0.593 e. The molecule has 3 rings (SSSR count). The summed E-state index contributed by atoms with van der Waals surface area (Å²) < 4.78 is 18.9. The summed E-state index contributed by atoms with van der Waals surface area (Å²) in [5, 5.41) is 0. The summed E-state index contributed by atoms with van der Waals surface area (Å²) in [5.41, 5.74) is 9.91. The number of hydrogen-bond acceptors (Lipinski definition) is 6. The van der Waals surface area contributed by atoms with Gasteiger partial charge in [-0.25, -0.2) is 9.79 Å². The molecule has 1 heterocycles. The molecule has 1 atom stereocenters. The van der Waals surface area contributed by atoms with Crippen LogP contribution >= 0.6 is 0 Å². The van der Waals surface area contributed by atoms with Crippen LogP contribution in [0, 0.1) is 0 Å². The molecule has 0 saturated heterocycles. The van der Waals surface area contributed by atoms with Crippen molar-refractivity contribution in [3.05, 3.63) is 53.6 Å². The van der Waals surface area contributed by atoms with Gasteiger partial charge >= 0.3 is 5.97 Å². The predicted octanol–water partition coefficient (Wildman–Crippen LogP) is 3.28. The number of fused-ring (bicyclic) bond motifs is 1. The number of hydrogen-bond donors (Lipinski definition) is 1. The lowest BCUT2D eigenvalue weighted by Gasteiger charge is -2.15. The van der Waals surface area contributed by atoms with Gasteiger partial charge in [-0.3, -0.25) is 0 Å². The Labute approximate surface area is 168 Å². The Kier molecular flexibility index (Phi) is 6.18. The summed E-state index contributed by atoms with van der Waals surface area (Å²) in [6, 6.07) is 13.4. The largest absolute Gasteiger partial charge is 0.593 e. The number of benzene rings is 2. The van der Waals surface area contributed by atoms with Gasteiger partial charge in [0.05, 0.1) is 23.7 Å². The molecule has 0 aliphatic carbocycles. The third-order valence-corrected chi connectivity index (χ3v) is 5.59. The van der Waals surface area contributed by atoms with Gasteiger partial charge in [0.25, 0.3) is 0 Å². The van der Waals surface area contributed by atoms with Crippen LogP contribution in [-0.4, -0.2) is 41.4 Å². The minimum atomic E-state index is -1.18. The van der Waals surface area contributed by atoms with E-state index >= 15 is 0 Å². The predicted molar refractivity (Wildman–Crippen MR) is 112 cm³/mol. The number of carbonyl (C=O) groups is 1. The van der Waals surface area contributed by atoms with Crippen molar-refractivity contribution in [2.45, 2.75) is 18.2 Å². The van der Waals surface area contributed by atoms with Crippen LogP contribution in [0.3, 0.4) is 0 Å². The van der Waals surface area contributed by atoms with E-state index in [2.05, 4.69) is 4.99 Å². The maximum absolute atomic E-state index is 12.2. The summed E-state index contributed by atoms with van der Waals surface area (Å²) in [4.78, 5) is 17.3. The fraction of sp³-hybridized carbons (Fsp3) is 0.238. The highest BCUT2D eigenvalue weighted by molar-refractivity contribution is 7.89. The lowest BCUT2D eigenvalue weighted by atomic mass is 10.0. The summed E-state index contributed by atoms with van der Waals surface area (Å²) in [6.45, 7) is 2.08. The fourth-order valence-corrected chi connectivity index (χ4v) is 3.70. The van der Waals surface area contributed by atoms with E-state index in [9.17, 15) is 9.35 Å². The first kappa shape index (κ1) is 20.1. The lowest BCUT2D eigenvalue weighted by molar-refractivity contribution is -0.138. The normalized spacial score (nSPS) is 14.6. The van der Waals surface area contributed by atoms with E-state index < -0.39 is 11.4 Å². The molecular weight excluding hydrogens is 374 g/mol. The molecule has 0 amide bonds. The summed E-state index contributed by atoms with van der Waals surface area (Å²) in [7, 11) is 3.55. The van der Waals surface area contributed by atoms with Crippen LogP contribution in [0.4, 0.5) is 5.69 Å². The third-order valence-electron chi connectivity index (χ3n) is 4.25. The maximum Gasteiger partial charge on any atom is 0.334 e. The maximum atomic E-state index is 12.2. The minimum absolute atomic E-state index is 0.258. The van der Waals surface area contributed by atoms with Crippen LogP contribution in [0.2, 0.25) is 0 Å². The van der Waals surface area contributed by atoms with Gasteiger partial charge in [0.15, 0.2) is 4.90 Å². The SMILES string of the molecule is CCOC(=O)C1=Cc2cc(-c3ccc([S+]([O-])N(C)C)cc3)ccc2N=C(N)C1. The van der Waals surface area contributed by atoms with Crippen molar-refractivity contribution in [1.29, 1.82) is 0 Å². The van der Waals surface area contributed by atoms with Crippen molar-refractivity contribution in [1.82, 2.24) is 4.31 Å². The van der Waals surface area contributed by atoms with Gasteiger partial charge in [0.1, 0.15) is 5.84 Å². The molecule has 0 saturated carbocycles. The van der Waals surface area contributed by atoms with Crippen molar-refractivity contribution < 1.29 is 14.1 Å². The molecule has 2 aromatic carbocycles. The van der Waals surface area contributed by atoms with Gasteiger partial charge in [-0.1, -0.05) is 6.07 Å². The van der Waals surface area contributed by atoms with Crippen molar-refractivity contribution in [3.8, 4) is 11.1 Å². The van der Waals surface area contributed by atoms with Crippen LogP contribution in [0.1, 0.15) is 18.9 Å². The van der Waals surface area contributed by atoms with Gasteiger partial charge in [0, 0.05) is 31.7 Å². The first-order valence-electron chi connectivity index (χ1n) is 8.93. The van der Waals surface area contributed by atoms with Gasteiger partial charge in [-0.2, -0.15) is 0 Å². The second-order valence-electron chi connectivity index (χ2n) is 6.53. The summed E-state index contributed by atoms with van der Waals surface area (Å²) >= 11 is -1.18. The van der Waals surface area contributed by atoms with Gasteiger partial charge in [-0.05, 0) is 60.5 Å². The van der Waals surface area contributed by atoms with E-state index in [1.807, 2.05) is 42.5 Å². The number of amidine groups is 1. The van der Waals surface area contributed by atoms with Crippen LogP contribution in [-0.2, 0) is 20.9 Å². The van der Waals surface area contributed by atoms with Crippen LogP contribution in [0.25, 0.3) is 17.2 Å². The zero-order valence-corrected chi connectivity index (χ0v) is 17.0. The highest BCUT2D eigenvalue weighted by Crippen LogP contribution is 2.32. The second-order valence-corrected chi connectivity index (χ2v) is 8.23. The Balaban J connectivity index is 1.96. The summed E-state index contributed by atoms with van der Waals surface area (Å²) in [6.07, 6.45) is 2.05. The van der Waals surface area contributed by atoms with E-state index in [0.717, 1.165) is 21.6 Å². The Morgan fingerprint density at radius 3 is 2.54 bits per heavy atom. The standard InChI is InChI=1S/C21H23N3O3S/c1-4-27-21(25)17-12-16-11-15(7-10-19(16)23-20(22)13-17)14-5-8-18(9-6-14)28(26)24(2)3/h5-12H,4,13H2,1-3H3,(H2,22,23). The summed E-state index contributed by atoms with van der Waals surface area (Å²) in [5.74, 6) is -0.00394. The first-order chi connectivity index (χ1) is 13.4. The Morgan fingerprint density at radius 1 is 1.21 bits per heavy atom. The quantitative estimate of drug-likeness (QED) is 0.618. The zero-order chi connectivity index (χ0) is 20.3. The highest BCUT2D eigenvalue weighted by atomic mass is 32.2. The van der Waals surface area contributed by atoms with E-state index in [-0.39, 0.29) is 12.4 Å².